The van der Waals surface area contributed by atoms with E-state index in [4.69, 9.17) is 5.11 Å². The molecule has 3 nitrogen and oxygen atoms in total. The summed E-state index contributed by atoms with van der Waals surface area (Å²) in [5.74, 6) is 0.263. The Labute approximate surface area is 98.5 Å². The van der Waals surface area contributed by atoms with Gasteiger partial charge in [0.1, 0.15) is 0 Å². The molecule has 0 aliphatic rings. The monoisotopic (exact) mass is 224 g/mol. The van der Waals surface area contributed by atoms with Crippen molar-refractivity contribution in [2.24, 2.45) is 0 Å². The number of hydrogen-bond acceptors (Lipinski definition) is 2. The summed E-state index contributed by atoms with van der Waals surface area (Å²) in [4.78, 5) is 0. The Bertz CT molecular complexity index is 271. The molecule has 1 aromatic heterocycles. The molecule has 0 spiro atoms. The third kappa shape index (κ3) is 5.79. The Balaban J connectivity index is 1.88. The van der Waals surface area contributed by atoms with Crippen molar-refractivity contribution in [3.63, 3.8) is 0 Å². The summed E-state index contributed by atoms with van der Waals surface area (Å²) in [6.45, 7) is 3.18. The quantitative estimate of drug-likeness (QED) is 0.649. The molecule has 1 heterocycles. The highest BCUT2D eigenvalue weighted by atomic mass is 16.3. The molecule has 0 saturated carbocycles. The van der Waals surface area contributed by atoms with Crippen LogP contribution in [0, 0.1) is 0 Å². The molecule has 0 unspecified atom stereocenters. The number of nitrogens with zero attached hydrogens (tertiary/aromatic N) is 2. The highest BCUT2D eigenvalue weighted by molar-refractivity contribution is 5.08. The van der Waals surface area contributed by atoms with Gasteiger partial charge in [-0.15, -0.1) is 0 Å². The van der Waals surface area contributed by atoms with Gasteiger partial charge in [-0.1, -0.05) is 51.9 Å². The van der Waals surface area contributed by atoms with Crippen LogP contribution in [0.2, 0.25) is 0 Å². The second-order valence-corrected chi connectivity index (χ2v) is 4.44. The molecule has 0 radical (unpaired) electrons. The predicted octanol–water partition coefficient (Wildman–Crippen LogP) is 3.73. The molecule has 1 aromatic rings. The molecular formula is C13H24N2O. The molecule has 1 rings (SSSR count). The summed E-state index contributed by atoms with van der Waals surface area (Å²) in [7, 11) is 0. The topological polar surface area (TPSA) is 38.0 Å². The molecule has 92 valence electrons. The minimum absolute atomic E-state index is 0.263. The van der Waals surface area contributed by atoms with Crippen LogP contribution in [0.15, 0.2) is 12.4 Å². The molecule has 0 bridgehead atoms. The minimum atomic E-state index is 0.263. The van der Waals surface area contributed by atoms with Crippen molar-refractivity contribution in [3.8, 4) is 5.75 Å². The average molecular weight is 224 g/mol. The summed E-state index contributed by atoms with van der Waals surface area (Å²) in [5, 5.41) is 13.1. The summed E-state index contributed by atoms with van der Waals surface area (Å²) in [5.41, 5.74) is 0. The van der Waals surface area contributed by atoms with Crippen LogP contribution >= 0.6 is 0 Å². The zero-order chi connectivity index (χ0) is 11.6. The van der Waals surface area contributed by atoms with Crippen molar-refractivity contribution in [1.29, 1.82) is 0 Å². The Morgan fingerprint density at radius 1 is 1.06 bits per heavy atom. The lowest BCUT2D eigenvalue weighted by Crippen LogP contribution is -1.97. The van der Waals surface area contributed by atoms with E-state index in [9.17, 15) is 0 Å². The third-order valence-corrected chi connectivity index (χ3v) is 2.86. The van der Waals surface area contributed by atoms with Crippen molar-refractivity contribution in [1.82, 2.24) is 9.78 Å². The smallest absolute Gasteiger partial charge is 0.153 e. The van der Waals surface area contributed by atoms with Crippen molar-refractivity contribution in [3.05, 3.63) is 12.4 Å². The van der Waals surface area contributed by atoms with Crippen LogP contribution in [0.25, 0.3) is 0 Å². The van der Waals surface area contributed by atoms with Crippen molar-refractivity contribution in [2.75, 3.05) is 0 Å². The van der Waals surface area contributed by atoms with E-state index in [1.165, 1.54) is 51.1 Å². The van der Waals surface area contributed by atoms with Gasteiger partial charge >= 0.3 is 0 Å². The molecule has 0 saturated heterocycles. The number of aromatic nitrogens is 2. The first kappa shape index (κ1) is 13.1. The fraction of sp³-hybridized carbons (Fsp3) is 0.769. The van der Waals surface area contributed by atoms with Gasteiger partial charge in [-0.2, -0.15) is 5.10 Å². The van der Waals surface area contributed by atoms with Crippen LogP contribution in [0.4, 0.5) is 0 Å². The Hall–Kier alpha value is -0.990. The highest BCUT2D eigenvalue weighted by Crippen LogP contribution is 2.10. The number of unbranched alkanes of at least 4 members (excludes halogenated alkanes) is 7. The van der Waals surface area contributed by atoms with E-state index in [1.807, 2.05) is 4.68 Å². The van der Waals surface area contributed by atoms with Gasteiger partial charge in [-0.25, -0.2) is 0 Å². The van der Waals surface area contributed by atoms with E-state index in [2.05, 4.69) is 12.0 Å². The number of rotatable bonds is 9. The second kappa shape index (κ2) is 8.20. The zero-order valence-electron chi connectivity index (χ0n) is 10.4. The SMILES string of the molecule is CCCCCCCCCCn1cc(O)cn1. The van der Waals surface area contributed by atoms with Gasteiger partial charge in [0.2, 0.25) is 0 Å². The van der Waals surface area contributed by atoms with E-state index < -0.39 is 0 Å². The predicted molar refractivity (Wildman–Crippen MR) is 66.5 cm³/mol. The standard InChI is InChI=1S/C13H24N2O/c1-2-3-4-5-6-7-8-9-10-15-12-13(16)11-14-15/h11-12,16H,2-10H2,1H3. The van der Waals surface area contributed by atoms with Gasteiger partial charge in [0.25, 0.3) is 0 Å². The first-order chi connectivity index (χ1) is 7.83. The van der Waals surface area contributed by atoms with Crippen LogP contribution in [0.3, 0.4) is 0 Å². The maximum absolute atomic E-state index is 9.09. The first-order valence-electron chi connectivity index (χ1n) is 6.54. The molecular weight excluding hydrogens is 200 g/mol. The van der Waals surface area contributed by atoms with Crippen LogP contribution in [0.1, 0.15) is 58.3 Å². The third-order valence-electron chi connectivity index (χ3n) is 2.86. The first-order valence-corrected chi connectivity index (χ1v) is 6.54. The maximum Gasteiger partial charge on any atom is 0.153 e. The van der Waals surface area contributed by atoms with Gasteiger partial charge in [0.05, 0.1) is 12.4 Å². The Morgan fingerprint density at radius 2 is 1.69 bits per heavy atom. The molecule has 0 aliphatic heterocycles. The van der Waals surface area contributed by atoms with Crippen LogP contribution in [0.5, 0.6) is 5.75 Å². The molecule has 1 N–H and O–H groups in total. The second-order valence-electron chi connectivity index (χ2n) is 4.44. The van der Waals surface area contributed by atoms with Gasteiger partial charge in [-0.05, 0) is 6.42 Å². The summed E-state index contributed by atoms with van der Waals surface area (Å²) >= 11 is 0. The lowest BCUT2D eigenvalue weighted by molar-refractivity contribution is 0.471. The average Bonchev–Trinajstić information content (AvgIpc) is 2.68. The lowest BCUT2D eigenvalue weighted by Gasteiger charge is -2.02. The Kier molecular flexibility index (Phi) is 6.70. The zero-order valence-corrected chi connectivity index (χ0v) is 10.4. The van der Waals surface area contributed by atoms with Crippen LogP contribution < -0.4 is 0 Å². The van der Waals surface area contributed by atoms with Crippen LogP contribution in [-0.4, -0.2) is 14.9 Å². The van der Waals surface area contributed by atoms with Gasteiger partial charge in [0, 0.05) is 6.54 Å². The lowest BCUT2D eigenvalue weighted by atomic mass is 10.1. The highest BCUT2D eigenvalue weighted by Gasteiger charge is 1.95. The van der Waals surface area contributed by atoms with Gasteiger partial charge < -0.3 is 5.11 Å². The molecule has 0 fully saturated rings. The van der Waals surface area contributed by atoms with Gasteiger partial charge in [0.15, 0.2) is 5.75 Å². The van der Waals surface area contributed by atoms with E-state index in [1.54, 1.807) is 6.20 Å². The number of hydrogen-bond donors (Lipinski definition) is 1. The minimum Gasteiger partial charge on any atom is -0.505 e. The number of aromatic hydroxyl groups is 1. The molecule has 3 heteroatoms. The number of aryl methyl sites for hydroxylation is 1. The fourth-order valence-corrected chi connectivity index (χ4v) is 1.88. The molecule has 0 aliphatic carbocycles. The normalized spacial score (nSPS) is 10.8. The van der Waals surface area contributed by atoms with E-state index >= 15 is 0 Å². The van der Waals surface area contributed by atoms with E-state index in [0.29, 0.717) is 0 Å². The van der Waals surface area contributed by atoms with Crippen LogP contribution in [-0.2, 0) is 6.54 Å². The van der Waals surface area contributed by atoms with E-state index in [0.717, 1.165) is 13.0 Å². The van der Waals surface area contributed by atoms with Crippen molar-refractivity contribution in [2.45, 2.75) is 64.8 Å². The summed E-state index contributed by atoms with van der Waals surface area (Å²) < 4.78 is 1.81. The summed E-state index contributed by atoms with van der Waals surface area (Å²) in [6.07, 6.45) is 13.8. The molecule has 0 aromatic carbocycles. The molecule has 0 atom stereocenters. The fourth-order valence-electron chi connectivity index (χ4n) is 1.88. The van der Waals surface area contributed by atoms with E-state index in [-0.39, 0.29) is 5.75 Å². The Morgan fingerprint density at radius 3 is 2.25 bits per heavy atom. The van der Waals surface area contributed by atoms with Gasteiger partial charge in [-0.3, -0.25) is 4.68 Å². The summed E-state index contributed by atoms with van der Waals surface area (Å²) in [6, 6.07) is 0. The molecule has 0 amide bonds. The van der Waals surface area contributed by atoms with Crippen molar-refractivity contribution >= 4 is 0 Å². The maximum atomic E-state index is 9.09. The largest absolute Gasteiger partial charge is 0.505 e. The van der Waals surface area contributed by atoms with Crippen molar-refractivity contribution < 1.29 is 5.11 Å². The molecule has 16 heavy (non-hydrogen) atoms.